The van der Waals surface area contributed by atoms with E-state index in [-0.39, 0.29) is 24.4 Å². The van der Waals surface area contributed by atoms with Gasteiger partial charge in [-0.2, -0.15) is 0 Å². The molecule has 2 N–H and O–H groups in total. The van der Waals surface area contributed by atoms with Crippen LogP contribution in [-0.2, 0) is 0 Å². The van der Waals surface area contributed by atoms with E-state index in [0.29, 0.717) is 0 Å². The Labute approximate surface area is 63.2 Å². The predicted molar refractivity (Wildman–Crippen MR) is 39.1 cm³/mol. The van der Waals surface area contributed by atoms with Crippen LogP contribution in [0.3, 0.4) is 0 Å². The molecule has 0 aliphatic carbocycles. The Morgan fingerprint density at radius 3 is 2.64 bits per heavy atom. The smallest absolute Gasteiger partial charge is 0.209 e. The van der Waals surface area contributed by atoms with Gasteiger partial charge in [-0.15, -0.1) is 0 Å². The predicted octanol–water partition coefficient (Wildman–Crippen LogP) is 0.523. The van der Waals surface area contributed by atoms with Crippen molar-refractivity contribution in [1.29, 1.82) is 5.41 Å². The van der Waals surface area contributed by atoms with E-state index < -0.39 is 4.92 Å². The summed E-state index contributed by atoms with van der Waals surface area (Å²) >= 11 is 0. The third-order valence-corrected chi connectivity index (χ3v) is 1.08. The Kier molecular flexibility index (Phi) is 3.79. The first kappa shape index (κ1) is 9.54. The summed E-state index contributed by atoms with van der Waals surface area (Å²) in [6, 6.07) is 0. The molecule has 0 aromatic heterocycles. The molecule has 6 nitrogen and oxygen atoms in total. The van der Waals surface area contributed by atoms with E-state index in [1.807, 2.05) is 0 Å². The SMILES string of the molecule is CC(=N)C(CC[N+](=O)[O-])=NO. The molecule has 11 heavy (non-hydrogen) atoms. The van der Waals surface area contributed by atoms with Crippen LogP contribution in [0, 0.1) is 15.5 Å². The molecular weight excluding hydrogens is 150 g/mol. The molecule has 0 aliphatic heterocycles. The highest BCUT2D eigenvalue weighted by atomic mass is 16.6. The maximum absolute atomic E-state index is 9.84. The van der Waals surface area contributed by atoms with E-state index in [2.05, 4.69) is 5.16 Å². The molecule has 0 fully saturated rings. The van der Waals surface area contributed by atoms with E-state index in [0.717, 1.165) is 0 Å². The van der Waals surface area contributed by atoms with Crippen LogP contribution in [0.1, 0.15) is 13.3 Å². The molecule has 0 atom stereocenters. The summed E-state index contributed by atoms with van der Waals surface area (Å²) in [5.41, 5.74) is 0.107. The van der Waals surface area contributed by atoms with E-state index in [1.54, 1.807) is 0 Å². The van der Waals surface area contributed by atoms with Gasteiger partial charge in [0.2, 0.25) is 6.54 Å². The maximum Gasteiger partial charge on any atom is 0.209 e. The summed E-state index contributed by atoms with van der Waals surface area (Å²) in [4.78, 5) is 9.32. The second kappa shape index (κ2) is 4.37. The van der Waals surface area contributed by atoms with Crippen molar-refractivity contribution in [2.45, 2.75) is 13.3 Å². The summed E-state index contributed by atoms with van der Waals surface area (Å²) in [6.45, 7) is 1.10. The van der Waals surface area contributed by atoms with Crippen LogP contribution in [-0.4, -0.2) is 28.1 Å². The lowest BCUT2D eigenvalue weighted by molar-refractivity contribution is -0.478. The summed E-state index contributed by atoms with van der Waals surface area (Å²) in [5.74, 6) is 0. The van der Waals surface area contributed by atoms with Crippen molar-refractivity contribution in [2.75, 3.05) is 6.54 Å². The van der Waals surface area contributed by atoms with Crippen molar-refractivity contribution in [3.8, 4) is 0 Å². The average Bonchev–Trinajstić information content (AvgIpc) is 1.87. The second-order valence-corrected chi connectivity index (χ2v) is 1.98. The van der Waals surface area contributed by atoms with Crippen LogP contribution in [0.4, 0.5) is 0 Å². The van der Waals surface area contributed by atoms with Gasteiger partial charge < -0.3 is 10.6 Å². The molecular formula is C5H9N3O3. The largest absolute Gasteiger partial charge is 0.411 e. The highest BCUT2D eigenvalue weighted by Crippen LogP contribution is 1.89. The number of nitrogens with one attached hydrogen (secondary N) is 1. The number of nitrogens with zero attached hydrogens (tertiary/aromatic N) is 2. The number of rotatable bonds is 4. The van der Waals surface area contributed by atoms with Crippen molar-refractivity contribution in [3.63, 3.8) is 0 Å². The fourth-order valence-electron chi connectivity index (χ4n) is 0.510. The Morgan fingerprint density at radius 1 is 1.82 bits per heavy atom. The molecule has 0 saturated carbocycles. The van der Waals surface area contributed by atoms with E-state index >= 15 is 0 Å². The van der Waals surface area contributed by atoms with Crippen molar-refractivity contribution in [2.24, 2.45) is 5.16 Å². The van der Waals surface area contributed by atoms with Gasteiger partial charge in [0.15, 0.2) is 0 Å². The normalized spacial score (nSPS) is 11.2. The van der Waals surface area contributed by atoms with Crippen LogP contribution in [0.15, 0.2) is 5.16 Å². The fourth-order valence-corrected chi connectivity index (χ4v) is 0.510. The molecule has 0 unspecified atom stereocenters. The lowest BCUT2D eigenvalue weighted by atomic mass is 10.2. The second-order valence-electron chi connectivity index (χ2n) is 1.98. The summed E-state index contributed by atoms with van der Waals surface area (Å²) in [7, 11) is 0. The molecule has 0 radical (unpaired) electrons. The van der Waals surface area contributed by atoms with Gasteiger partial charge >= 0.3 is 0 Å². The lowest BCUT2D eigenvalue weighted by Crippen LogP contribution is -2.14. The zero-order chi connectivity index (χ0) is 8.85. The van der Waals surface area contributed by atoms with Crippen molar-refractivity contribution < 1.29 is 10.1 Å². The van der Waals surface area contributed by atoms with Crippen LogP contribution < -0.4 is 0 Å². The molecule has 0 aromatic carbocycles. The molecule has 0 saturated heterocycles. The highest BCUT2D eigenvalue weighted by Gasteiger charge is 2.06. The maximum atomic E-state index is 9.84. The molecule has 0 rings (SSSR count). The molecule has 0 aliphatic rings. The first-order valence-corrected chi connectivity index (χ1v) is 2.96. The third-order valence-electron chi connectivity index (χ3n) is 1.08. The molecule has 0 bridgehead atoms. The minimum absolute atomic E-state index is 0.00116. The van der Waals surface area contributed by atoms with Gasteiger partial charge in [0.05, 0.1) is 12.1 Å². The van der Waals surface area contributed by atoms with Crippen LogP contribution in [0.5, 0.6) is 0 Å². The topological polar surface area (TPSA) is 99.6 Å². The third kappa shape index (κ3) is 4.01. The highest BCUT2D eigenvalue weighted by molar-refractivity contribution is 6.40. The molecule has 62 valence electrons. The van der Waals surface area contributed by atoms with E-state index in [1.165, 1.54) is 6.92 Å². The quantitative estimate of drug-likeness (QED) is 0.270. The number of oxime groups is 1. The van der Waals surface area contributed by atoms with Crippen LogP contribution in [0.25, 0.3) is 0 Å². The summed E-state index contributed by atoms with van der Waals surface area (Å²) in [6.07, 6.45) is -0.00116. The average molecular weight is 159 g/mol. The van der Waals surface area contributed by atoms with Crippen molar-refractivity contribution in [3.05, 3.63) is 10.1 Å². The zero-order valence-corrected chi connectivity index (χ0v) is 6.07. The minimum atomic E-state index is -0.520. The Bertz CT molecular complexity index is 199. The number of hydrogen-bond donors (Lipinski definition) is 2. The van der Waals surface area contributed by atoms with E-state index in [4.69, 9.17) is 10.6 Å². The van der Waals surface area contributed by atoms with Crippen LogP contribution >= 0.6 is 0 Å². The summed E-state index contributed by atoms with van der Waals surface area (Å²) in [5, 5.41) is 27.8. The first-order chi connectivity index (χ1) is 5.07. The van der Waals surface area contributed by atoms with Gasteiger partial charge in [-0.25, -0.2) is 0 Å². The van der Waals surface area contributed by atoms with Gasteiger partial charge in [-0.1, -0.05) is 5.16 Å². The van der Waals surface area contributed by atoms with Crippen molar-refractivity contribution >= 4 is 11.4 Å². The molecule has 6 heteroatoms. The fraction of sp³-hybridized carbons (Fsp3) is 0.600. The summed E-state index contributed by atoms with van der Waals surface area (Å²) < 4.78 is 0. The van der Waals surface area contributed by atoms with Gasteiger partial charge in [-0.05, 0) is 6.92 Å². The number of hydrogen-bond acceptors (Lipinski definition) is 5. The zero-order valence-electron chi connectivity index (χ0n) is 6.07. The molecule has 0 aromatic rings. The molecule has 0 spiro atoms. The first-order valence-electron chi connectivity index (χ1n) is 2.96. The van der Waals surface area contributed by atoms with Gasteiger partial charge in [0.25, 0.3) is 0 Å². The Morgan fingerprint density at radius 2 is 2.36 bits per heavy atom. The number of nitro groups is 1. The van der Waals surface area contributed by atoms with Crippen molar-refractivity contribution in [1.82, 2.24) is 0 Å². The van der Waals surface area contributed by atoms with Crippen LogP contribution in [0.2, 0.25) is 0 Å². The van der Waals surface area contributed by atoms with Gasteiger partial charge in [0, 0.05) is 4.92 Å². The Balaban J connectivity index is 3.92. The molecule has 0 amide bonds. The lowest BCUT2D eigenvalue weighted by Gasteiger charge is -1.96. The molecule has 0 heterocycles. The van der Waals surface area contributed by atoms with Gasteiger partial charge in [0.1, 0.15) is 5.71 Å². The monoisotopic (exact) mass is 159 g/mol. The van der Waals surface area contributed by atoms with Gasteiger partial charge in [-0.3, -0.25) is 10.1 Å². The minimum Gasteiger partial charge on any atom is -0.411 e. The standard InChI is InChI=1S/C5H9N3O3/c1-4(6)5(7-9)2-3-8(10)11/h6,9H,2-3H2,1H3. The van der Waals surface area contributed by atoms with E-state index in [9.17, 15) is 10.1 Å². The Hall–Kier alpha value is -1.46.